The Morgan fingerprint density at radius 2 is 1.23 bits per heavy atom. The number of rotatable bonds is 8. The van der Waals surface area contributed by atoms with Crippen molar-refractivity contribution in [1.82, 2.24) is 0 Å². The van der Waals surface area contributed by atoms with Crippen LogP contribution in [-0.2, 0) is 13.6 Å². The number of hydrogen-bond donors (Lipinski definition) is 0. The molecule has 0 unspecified atom stereocenters. The highest BCUT2D eigenvalue weighted by molar-refractivity contribution is 7.33. The summed E-state index contributed by atoms with van der Waals surface area (Å²) in [5, 5.41) is 0.790. The minimum Gasteiger partial charge on any atom is -0.461 e. The van der Waals surface area contributed by atoms with Crippen LogP contribution in [0.25, 0.3) is 21.9 Å². The average Bonchev–Trinajstić information content (AvgIpc) is 3.39. The molecule has 0 aliphatic heterocycles. The first kappa shape index (κ1) is 20.0. The summed E-state index contributed by atoms with van der Waals surface area (Å²) in [5.74, 6) is -2.70. The SMILES string of the molecule is O=C(CO[P+](=O)OCC(=O)c1cc(F)c2occc2c1)c1cc(F)c2occc2c1. The molecule has 10 heteroatoms. The normalized spacial score (nSPS) is 11.3. The van der Waals surface area contributed by atoms with E-state index in [1.807, 2.05) is 0 Å². The predicted molar refractivity (Wildman–Crippen MR) is 101 cm³/mol. The fourth-order valence-corrected chi connectivity index (χ4v) is 3.34. The number of furan rings is 2. The van der Waals surface area contributed by atoms with Gasteiger partial charge in [0, 0.05) is 26.5 Å². The summed E-state index contributed by atoms with van der Waals surface area (Å²) in [6, 6.07) is 7.77. The second-order valence-electron chi connectivity index (χ2n) is 6.21. The molecule has 0 atom stereocenters. The number of Topliss-reactive ketones (excluding diaryl/α,β-unsaturated/α-hetero) is 2. The molecule has 2 aromatic heterocycles. The smallest absolute Gasteiger partial charge is 0.461 e. The lowest BCUT2D eigenvalue weighted by Crippen LogP contribution is -2.09. The number of fused-ring (bicyclic) bond motifs is 2. The Bertz CT molecular complexity index is 1190. The van der Waals surface area contributed by atoms with Gasteiger partial charge in [0.25, 0.3) is 0 Å². The molecule has 0 amide bonds. The second-order valence-corrected chi connectivity index (χ2v) is 7.17. The van der Waals surface area contributed by atoms with Crippen LogP contribution in [0.15, 0.2) is 57.8 Å². The van der Waals surface area contributed by atoms with Gasteiger partial charge >= 0.3 is 8.25 Å². The Hall–Kier alpha value is -3.26. The Kier molecular flexibility index (Phi) is 5.50. The lowest BCUT2D eigenvalue weighted by molar-refractivity contribution is 0.0877. The van der Waals surface area contributed by atoms with E-state index < -0.39 is 44.7 Å². The first-order valence-electron chi connectivity index (χ1n) is 8.55. The number of halogens is 2. The van der Waals surface area contributed by atoms with E-state index in [-0.39, 0.29) is 22.3 Å². The number of carbonyl (C=O) groups excluding carboxylic acids is 2. The van der Waals surface area contributed by atoms with Crippen LogP contribution in [0.3, 0.4) is 0 Å². The monoisotopic (exact) mass is 433 g/mol. The quantitative estimate of drug-likeness (QED) is 0.278. The van der Waals surface area contributed by atoms with Crippen LogP contribution in [0.1, 0.15) is 20.7 Å². The van der Waals surface area contributed by atoms with Crippen molar-refractivity contribution in [3.8, 4) is 0 Å². The summed E-state index contributed by atoms with van der Waals surface area (Å²) in [6.07, 6.45) is 2.58. The summed E-state index contributed by atoms with van der Waals surface area (Å²) >= 11 is 0. The molecule has 7 nitrogen and oxygen atoms in total. The summed E-state index contributed by atoms with van der Waals surface area (Å²) < 4.78 is 59.1. The van der Waals surface area contributed by atoms with Crippen molar-refractivity contribution in [3.05, 3.63) is 71.7 Å². The molecule has 0 fully saturated rings. The molecule has 0 spiro atoms. The summed E-state index contributed by atoms with van der Waals surface area (Å²) in [5.41, 5.74) is 0.0467. The van der Waals surface area contributed by atoms with E-state index in [0.29, 0.717) is 10.8 Å². The van der Waals surface area contributed by atoms with Gasteiger partial charge in [-0.1, -0.05) is 0 Å². The largest absolute Gasteiger partial charge is 0.698 e. The van der Waals surface area contributed by atoms with E-state index >= 15 is 0 Å². The first-order chi connectivity index (χ1) is 14.4. The Morgan fingerprint density at radius 3 is 1.67 bits per heavy atom. The maximum absolute atomic E-state index is 13.9. The molecule has 0 N–H and O–H groups in total. The minimum absolute atomic E-state index is 0.00441. The molecule has 2 heterocycles. The molecule has 0 aliphatic carbocycles. The van der Waals surface area contributed by atoms with Gasteiger partial charge in [-0.3, -0.25) is 9.59 Å². The molecule has 4 rings (SSSR count). The molecular formula is C20H12F2O7P+. The molecule has 0 bridgehead atoms. The van der Waals surface area contributed by atoms with Gasteiger partial charge in [0.15, 0.2) is 47.6 Å². The van der Waals surface area contributed by atoms with Crippen molar-refractivity contribution < 1.29 is 40.8 Å². The van der Waals surface area contributed by atoms with Crippen LogP contribution in [0.5, 0.6) is 0 Å². The third kappa shape index (κ3) is 4.04. The zero-order valence-electron chi connectivity index (χ0n) is 15.1. The van der Waals surface area contributed by atoms with Crippen LogP contribution in [0.2, 0.25) is 0 Å². The molecule has 0 saturated carbocycles. The Balaban J connectivity index is 1.32. The van der Waals surface area contributed by atoms with Gasteiger partial charge in [0.05, 0.1) is 12.5 Å². The summed E-state index contributed by atoms with van der Waals surface area (Å²) in [4.78, 5) is 24.3. The average molecular weight is 433 g/mol. The fourth-order valence-electron chi connectivity index (χ4n) is 2.82. The Morgan fingerprint density at radius 1 is 0.800 bits per heavy atom. The van der Waals surface area contributed by atoms with E-state index in [1.54, 1.807) is 0 Å². The lowest BCUT2D eigenvalue weighted by atomic mass is 10.1. The van der Waals surface area contributed by atoms with E-state index in [2.05, 4.69) is 0 Å². The van der Waals surface area contributed by atoms with Crippen molar-refractivity contribution in [2.75, 3.05) is 13.2 Å². The van der Waals surface area contributed by atoms with Crippen molar-refractivity contribution in [2.24, 2.45) is 0 Å². The van der Waals surface area contributed by atoms with Crippen LogP contribution in [-0.4, -0.2) is 24.8 Å². The molecular weight excluding hydrogens is 421 g/mol. The zero-order valence-corrected chi connectivity index (χ0v) is 16.0. The van der Waals surface area contributed by atoms with Crippen molar-refractivity contribution in [2.45, 2.75) is 0 Å². The van der Waals surface area contributed by atoms with E-state index in [4.69, 9.17) is 17.9 Å². The third-order valence-corrected chi connectivity index (χ3v) is 4.94. The first-order valence-corrected chi connectivity index (χ1v) is 9.65. The van der Waals surface area contributed by atoms with E-state index in [0.717, 1.165) is 12.1 Å². The summed E-state index contributed by atoms with van der Waals surface area (Å²) in [7, 11) is -2.81. The maximum atomic E-state index is 13.9. The van der Waals surface area contributed by atoms with Crippen LogP contribution in [0, 0.1) is 11.6 Å². The zero-order chi connectivity index (χ0) is 21.3. The highest BCUT2D eigenvalue weighted by atomic mass is 31.1. The van der Waals surface area contributed by atoms with Crippen LogP contribution >= 0.6 is 8.25 Å². The molecule has 4 aromatic rings. The summed E-state index contributed by atoms with van der Waals surface area (Å²) in [6.45, 7) is -1.30. The third-order valence-electron chi connectivity index (χ3n) is 4.26. The number of benzene rings is 2. The maximum Gasteiger partial charge on any atom is 0.698 e. The minimum atomic E-state index is -2.81. The van der Waals surface area contributed by atoms with Gasteiger partial charge in [0.1, 0.15) is 0 Å². The molecule has 0 aliphatic rings. The molecule has 152 valence electrons. The number of ketones is 2. The van der Waals surface area contributed by atoms with Crippen molar-refractivity contribution in [1.29, 1.82) is 0 Å². The highest BCUT2D eigenvalue weighted by Gasteiger charge is 2.26. The molecule has 0 radical (unpaired) electrons. The molecule has 30 heavy (non-hydrogen) atoms. The van der Waals surface area contributed by atoms with Gasteiger partial charge in [-0.15, -0.1) is 9.05 Å². The van der Waals surface area contributed by atoms with Gasteiger partial charge in [-0.05, 0) is 36.4 Å². The topological polar surface area (TPSA) is 96.0 Å². The van der Waals surface area contributed by atoms with Gasteiger partial charge < -0.3 is 8.83 Å². The van der Waals surface area contributed by atoms with Crippen LogP contribution in [0.4, 0.5) is 8.78 Å². The Labute approximate surface area is 168 Å². The predicted octanol–water partition coefficient (Wildman–Crippen LogP) is 5.21. The standard InChI is InChI=1S/C20H12F2O7P/c21-15-7-13(5-11-1-3-26-19(11)15)17(23)9-28-30(25)29-10-18(24)14-6-12-2-4-27-20(12)16(22)8-14/h1-8H,9-10H2/q+1. The van der Waals surface area contributed by atoms with Crippen molar-refractivity contribution in [3.63, 3.8) is 0 Å². The second kappa shape index (κ2) is 8.23. The number of carbonyl (C=O) groups is 2. The molecule has 0 saturated heterocycles. The van der Waals surface area contributed by atoms with Crippen LogP contribution < -0.4 is 0 Å². The van der Waals surface area contributed by atoms with Gasteiger partial charge in [-0.2, -0.15) is 0 Å². The molecule has 2 aromatic carbocycles. The fraction of sp³-hybridized carbons (Fsp3) is 0.100. The number of hydrogen-bond acceptors (Lipinski definition) is 7. The van der Waals surface area contributed by atoms with E-state index in [9.17, 15) is 22.9 Å². The van der Waals surface area contributed by atoms with Gasteiger partial charge in [-0.25, -0.2) is 8.78 Å². The van der Waals surface area contributed by atoms with Crippen molar-refractivity contribution >= 4 is 41.8 Å². The van der Waals surface area contributed by atoms with Gasteiger partial charge in [0.2, 0.25) is 0 Å². The lowest BCUT2D eigenvalue weighted by Gasteiger charge is -2.00. The van der Waals surface area contributed by atoms with E-state index in [1.165, 1.54) is 36.8 Å². The highest BCUT2D eigenvalue weighted by Crippen LogP contribution is 2.27.